The Morgan fingerprint density at radius 1 is 1.00 bits per heavy atom. The number of anilines is 3. The normalized spacial score (nSPS) is 10.5. The van der Waals surface area contributed by atoms with E-state index in [0.29, 0.717) is 0 Å². The van der Waals surface area contributed by atoms with Crippen LogP contribution in [0.15, 0.2) is 65.1 Å². The van der Waals surface area contributed by atoms with Gasteiger partial charge in [-0.1, -0.05) is 52.3 Å². The second-order valence-corrected chi connectivity index (χ2v) is 6.75. The van der Waals surface area contributed by atoms with Gasteiger partial charge in [0.25, 0.3) is 0 Å². The third-order valence-corrected chi connectivity index (χ3v) is 4.31. The van der Waals surface area contributed by atoms with Crippen molar-refractivity contribution in [2.24, 2.45) is 0 Å². The fourth-order valence-electron chi connectivity index (χ4n) is 2.60. The van der Waals surface area contributed by atoms with Crippen molar-refractivity contribution >= 4 is 33.4 Å². The zero-order chi connectivity index (χ0) is 17.6. The van der Waals surface area contributed by atoms with Crippen molar-refractivity contribution < 1.29 is 0 Å². The largest absolute Gasteiger partial charge is 0.340 e. The average molecular weight is 397 g/mol. The molecule has 0 aliphatic heterocycles. The average Bonchev–Trinajstić information content (AvgIpc) is 2.60. The molecule has 3 aromatic rings. The number of hydrogen-bond donors (Lipinski definition) is 1. The predicted molar refractivity (Wildman–Crippen MR) is 107 cm³/mol. The summed E-state index contributed by atoms with van der Waals surface area (Å²) in [4.78, 5) is 11.5. The van der Waals surface area contributed by atoms with Gasteiger partial charge in [0.05, 0.1) is 0 Å². The molecule has 1 N–H and O–H groups in total. The van der Waals surface area contributed by atoms with Gasteiger partial charge in [0.15, 0.2) is 0 Å². The second-order valence-electron chi connectivity index (χ2n) is 5.83. The number of hydrogen-bond acceptors (Lipinski definition) is 4. The first-order valence-electron chi connectivity index (χ1n) is 8.31. The number of aromatic nitrogens is 2. The summed E-state index contributed by atoms with van der Waals surface area (Å²) in [6.45, 7) is 5.75. The van der Waals surface area contributed by atoms with E-state index >= 15 is 0 Å². The molecule has 0 aliphatic rings. The van der Waals surface area contributed by atoms with Crippen LogP contribution in [0.2, 0.25) is 0 Å². The van der Waals surface area contributed by atoms with E-state index in [-0.39, 0.29) is 0 Å². The van der Waals surface area contributed by atoms with Crippen LogP contribution >= 0.6 is 15.9 Å². The first kappa shape index (κ1) is 17.4. The summed E-state index contributed by atoms with van der Waals surface area (Å²) in [6.07, 6.45) is 0. The minimum Gasteiger partial charge on any atom is -0.340 e. The topological polar surface area (TPSA) is 41.1 Å². The molecule has 0 radical (unpaired) electrons. The molecule has 1 heterocycles. The molecule has 0 saturated heterocycles. The number of rotatable bonds is 6. The Bertz CT molecular complexity index is 836. The Kier molecular flexibility index (Phi) is 5.66. The fourth-order valence-corrected chi connectivity index (χ4v) is 3.00. The number of aryl methyl sites for hydroxylation is 1. The molecule has 0 atom stereocenters. The second kappa shape index (κ2) is 8.12. The predicted octanol–water partition coefficient (Wildman–Crippen LogP) is 5.32. The molecule has 0 spiro atoms. The molecular formula is C20H21BrN4. The molecule has 0 fully saturated rings. The molecule has 4 nitrogen and oxygen atoms in total. The van der Waals surface area contributed by atoms with Gasteiger partial charge >= 0.3 is 0 Å². The van der Waals surface area contributed by atoms with Gasteiger partial charge in [-0.25, -0.2) is 4.98 Å². The van der Waals surface area contributed by atoms with Crippen LogP contribution in [0.4, 0.5) is 17.5 Å². The van der Waals surface area contributed by atoms with Crippen LogP contribution < -0.4 is 10.2 Å². The van der Waals surface area contributed by atoms with Crippen molar-refractivity contribution in [1.82, 2.24) is 9.97 Å². The molecule has 5 heteroatoms. The van der Waals surface area contributed by atoms with Gasteiger partial charge in [0.1, 0.15) is 5.82 Å². The maximum atomic E-state index is 4.71. The van der Waals surface area contributed by atoms with Crippen LogP contribution in [0.5, 0.6) is 0 Å². The van der Waals surface area contributed by atoms with Gasteiger partial charge in [0.2, 0.25) is 5.95 Å². The molecule has 0 amide bonds. The molecule has 128 valence electrons. The van der Waals surface area contributed by atoms with E-state index in [1.807, 2.05) is 43.3 Å². The van der Waals surface area contributed by atoms with Crippen molar-refractivity contribution in [1.29, 1.82) is 0 Å². The maximum absolute atomic E-state index is 4.71. The third-order valence-electron chi connectivity index (χ3n) is 3.82. The zero-order valence-electron chi connectivity index (χ0n) is 14.4. The van der Waals surface area contributed by atoms with Crippen molar-refractivity contribution in [3.63, 3.8) is 0 Å². The molecule has 0 saturated carbocycles. The summed E-state index contributed by atoms with van der Waals surface area (Å²) in [5.41, 5.74) is 3.18. The van der Waals surface area contributed by atoms with Gasteiger partial charge in [-0.15, -0.1) is 0 Å². The van der Waals surface area contributed by atoms with Crippen LogP contribution in [-0.4, -0.2) is 16.5 Å². The first-order valence-corrected chi connectivity index (χ1v) is 9.10. The number of nitrogens with zero attached hydrogens (tertiary/aromatic N) is 3. The standard InChI is InChI=1S/C20H21BrN4/c1-3-25(14-16-8-5-4-6-9-16)20-22-15(2)12-19(24-20)23-18-11-7-10-17(21)13-18/h4-13H,3,14H2,1-2H3,(H,22,23,24). The van der Waals surface area contributed by atoms with E-state index in [1.165, 1.54) is 5.56 Å². The lowest BCUT2D eigenvalue weighted by Gasteiger charge is -2.22. The zero-order valence-corrected chi connectivity index (χ0v) is 16.0. The lowest BCUT2D eigenvalue weighted by atomic mass is 10.2. The van der Waals surface area contributed by atoms with Crippen molar-refractivity contribution in [3.8, 4) is 0 Å². The van der Waals surface area contributed by atoms with E-state index in [4.69, 9.17) is 4.98 Å². The van der Waals surface area contributed by atoms with E-state index in [1.54, 1.807) is 0 Å². The highest BCUT2D eigenvalue weighted by molar-refractivity contribution is 9.10. The quantitative estimate of drug-likeness (QED) is 0.612. The molecule has 25 heavy (non-hydrogen) atoms. The van der Waals surface area contributed by atoms with Crippen LogP contribution in [0.1, 0.15) is 18.2 Å². The van der Waals surface area contributed by atoms with Gasteiger partial charge in [-0.2, -0.15) is 4.98 Å². The number of halogens is 1. The highest BCUT2D eigenvalue weighted by atomic mass is 79.9. The van der Waals surface area contributed by atoms with Crippen LogP contribution in [-0.2, 0) is 6.54 Å². The summed E-state index contributed by atoms with van der Waals surface area (Å²) in [7, 11) is 0. The smallest absolute Gasteiger partial charge is 0.227 e. The Morgan fingerprint density at radius 2 is 1.80 bits per heavy atom. The van der Waals surface area contributed by atoms with E-state index < -0.39 is 0 Å². The Labute approximate surface area is 157 Å². The minimum absolute atomic E-state index is 0.740. The van der Waals surface area contributed by atoms with Crippen molar-refractivity contribution in [3.05, 3.63) is 76.4 Å². The van der Waals surface area contributed by atoms with E-state index in [0.717, 1.165) is 40.7 Å². The van der Waals surface area contributed by atoms with Crippen LogP contribution in [0.3, 0.4) is 0 Å². The molecule has 0 bridgehead atoms. The van der Waals surface area contributed by atoms with Gasteiger partial charge in [-0.3, -0.25) is 0 Å². The summed E-state index contributed by atoms with van der Waals surface area (Å²) >= 11 is 3.49. The summed E-state index contributed by atoms with van der Waals surface area (Å²) in [5, 5.41) is 3.36. The number of nitrogens with one attached hydrogen (secondary N) is 1. The number of benzene rings is 2. The van der Waals surface area contributed by atoms with Gasteiger partial charge in [0, 0.05) is 35.0 Å². The molecular weight excluding hydrogens is 376 g/mol. The van der Waals surface area contributed by atoms with Gasteiger partial charge < -0.3 is 10.2 Å². The van der Waals surface area contributed by atoms with Crippen LogP contribution in [0.25, 0.3) is 0 Å². The van der Waals surface area contributed by atoms with Gasteiger partial charge in [-0.05, 0) is 37.6 Å². The summed E-state index contributed by atoms with van der Waals surface area (Å²) in [6, 6.07) is 20.4. The maximum Gasteiger partial charge on any atom is 0.227 e. The highest BCUT2D eigenvalue weighted by Gasteiger charge is 2.11. The molecule has 0 unspecified atom stereocenters. The lowest BCUT2D eigenvalue weighted by molar-refractivity contribution is 0.788. The Morgan fingerprint density at radius 3 is 2.52 bits per heavy atom. The first-order chi connectivity index (χ1) is 12.1. The van der Waals surface area contributed by atoms with E-state index in [9.17, 15) is 0 Å². The molecule has 0 aliphatic carbocycles. The minimum atomic E-state index is 0.740. The van der Waals surface area contributed by atoms with E-state index in [2.05, 4.69) is 62.3 Å². The Hall–Kier alpha value is -2.40. The molecule has 3 rings (SSSR count). The van der Waals surface area contributed by atoms with Crippen LogP contribution in [0, 0.1) is 6.92 Å². The monoisotopic (exact) mass is 396 g/mol. The SMILES string of the molecule is CCN(Cc1ccccc1)c1nc(C)cc(Nc2cccc(Br)c2)n1. The summed E-state index contributed by atoms with van der Waals surface area (Å²) in [5.74, 6) is 1.54. The van der Waals surface area contributed by atoms with Crippen molar-refractivity contribution in [2.45, 2.75) is 20.4 Å². The molecule has 2 aromatic carbocycles. The fraction of sp³-hybridized carbons (Fsp3) is 0.200. The third kappa shape index (κ3) is 4.79. The van der Waals surface area contributed by atoms with Crippen molar-refractivity contribution in [2.75, 3.05) is 16.8 Å². The summed E-state index contributed by atoms with van der Waals surface area (Å²) < 4.78 is 1.03. The lowest BCUT2D eigenvalue weighted by Crippen LogP contribution is -2.24. The highest BCUT2D eigenvalue weighted by Crippen LogP contribution is 2.22. The molecule has 1 aromatic heterocycles. The Balaban J connectivity index is 1.84.